The van der Waals surface area contributed by atoms with Crippen molar-refractivity contribution in [2.45, 2.75) is 88.8 Å². The summed E-state index contributed by atoms with van der Waals surface area (Å²) in [5, 5.41) is 7.61. The molecule has 2 saturated carbocycles. The highest BCUT2D eigenvalue weighted by Gasteiger charge is 2.57. The van der Waals surface area contributed by atoms with Crippen molar-refractivity contribution in [3.05, 3.63) is 0 Å². The van der Waals surface area contributed by atoms with Crippen molar-refractivity contribution in [2.75, 3.05) is 53.4 Å². The fraction of sp³-hybridized carbons (Fsp3) is 0.958. The Labute approximate surface area is 184 Å². The molecule has 0 aromatic carbocycles. The average molecular weight is 420 g/mol. The van der Waals surface area contributed by atoms with Crippen LogP contribution >= 0.6 is 0 Å². The Morgan fingerprint density at radius 1 is 1.00 bits per heavy atom. The lowest BCUT2D eigenvalue weighted by Gasteiger charge is -2.54. The minimum atomic E-state index is 0.281. The Bertz CT molecular complexity index is 574. The van der Waals surface area contributed by atoms with Crippen molar-refractivity contribution >= 4 is 5.96 Å². The van der Waals surface area contributed by atoms with Gasteiger partial charge in [-0.2, -0.15) is 0 Å². The molecule has 0 radical (unpaired) electrons. The number of ether oxygens (including phenoxy) is 1. The van der Waals surface area contributed by atoms with Crippen LogP contribution in [-0.2, 0) is 4.74 Å². The predicted molar refractivity (Wildman–Crippen MR) is 124 cm³/mol. The van der Waals surface area contributed by atoms with Crippen molar-refractivity contribution < 1.29 is 4.74 Å². The number of hydrogen-bond acceptors (Lipinski definition) is 4. The molecule has 30 heavy (non-hydrogen) atoms. The average Bonchev–Trinajstić information content (AvgIpc) is 3.30. The summed E-state index contributed by atoms with van der Waals surface area (Å²) in [6.45, 7) is 8.90. The van der Waals surface area contributed by atoms with Crippen molar-refractivity contribution in [3.63, 3.8) is 0 Å². The molecule has 4 rings (SSSR count). The normalized spacial score (nSPS) is 32.2. The van der Waals surface area contributed by atoms with Gasteiger partial charge in [-0.15, -0.1) is 0 Å². The number of aliphatic imine (C=N–C) groups is 1. The van der Waals surface area contributed by atoms with E-state index in [9.17, 15) is 0 Å². The Balaban J connectivity index is 1.38. The number of likely N-dealkylation sites (tertiary alicyclic amines) is 2. The van der Waals surface area contributed by atoms with Gasteiger partial charge in [0.25, 0.3) is 0 Å². The Morgan fingerprint density at radius 2 is 1.70 bits per heavy atom. The molecule has 0 amide bonds. The fourth-order valence-corrected chi connectivity index (χ4v) is 6.70. The molecule has 0 aromatic heterocycles. The third-order valence-electron chi connectivity index (χ3n) is 8.75. The van der Waals surface area contributed by atoms with Gasteiger partial charge in [-0.25, -0.2) is 0 Å². The highest BCUT2D eigenvalue weighted by Crippen LogP contribution is 2.54. The summed E-state index contributed by atoms with van der Waals surface area (Å²) < 4.78 is 6.11. The first-order valence-corrected chi connectivity index (χ1v) is 12.6. The summed E-state index contributed by atoms with van der Waals surface area (Å²) in [6, 6.07) is 0.506. The molecular weight excluding hydrogens is 374 g/mol. The van der Waals surface area contributed by atoms with E-state index in [4.69, 9.17) is 4.74 Å². The van der Waals surface area contributed by atoms with Gasteiger partial charge in [0, 0.05) is 37.2 Å². The molecule has 2 unspecified atom stereocenters. The van der Waals surface area contributed by atoms with E-state index in [1.54, 1.807) is 0 Å². The third kappa shape index (κ3) is 4.37. The highest BCUT2D eigenvalue weighted by atomic mass is 16.5. The lowest BCUT2D eigenvalue weighted by Crippen LogP contribution is -2.66. The van der Waals surface area contributed by atoms with Crippen molar-refractivity contribution in [1.82, 2.24) is 20.4 Å². The van der Waals surface area contributed by atoms with Crippen molar-refractivity contribution in [1.29, 1.82) is 0 Å². The molecule has 6 heteroatoms. The summed E-state index contributed by atoms with van der Waals surface area (Å²) in [5.41, 5.74) is 0.620. The zero-order valence-corrected chi connectivity index (χ0v) is 19.7. The highest BCUT2D eigenvalue weighted by molar-refractivity contribution is 5.80. The van der Waals surface area contributed by atoms with E-state index in [2.05, 4.69) is 39.4 Å². The van der Waals surface area contributed by atoms with Crippen LogP contribution < -0.4 is 10.6 Å². The summed E-state index contributed by atoms with van der Waals surface area (Å²) in [4.78, 5) is 9.93. The second kappa shape index (κ2) is 9.74. The van der Waals surface area contributed by atoms with Crippen LogP contribution in [0.2, 0.25) is 0 Å². The molecule has 2 atom stereocenters. The molecule has 0 aromatic rings. The van der Waals surface area contributed by atoms with Gasteiger partial charge < -0.3 is 20.3 Å². The van der Waals surface area contributed by atoms with Crippen LogP contribution in [0.25, 0.3) is 0 Å². The Kier molecular flexibility index (Phi) is 7.26. The van der Waals surface area contributed by atoms with Gasteiger partial charge in [-0.1, -0.05) is 19.3 Å². The molecule has 172 valence electrons. The third-order valence-corrected chi connectivity index (χ3v) is 8.75. The number of piperidine rings is 2. The van der Waals surface area contributed by atoms with E-state index in [1.807, 2.05) is 7.05 Å². The fourth-order valence-electron chi connectivity index (χ4n) is 6.70. The largest absolute Gasteiger partial charge is 0.378 e. The summed E-state index contributed by atoms with van der Waals surface area (Å²) in [5.74, 6) is 0.997. The quantitative estimate of drug-likeness (QED) is 0.512. The minimum Gasteiger partial charge on any atom is -0.378 e. The maximum Gasteiger partial charge on any atom is 0.191 e. The molecule has 2 saturated heterocycles. The monoisotopic (exact) mass is 419 g/mol. The number of guanidine groups is 1. The molecule has 2 N–H and O–H groups in total. The van der Waals surface area contributed by atoms with Crippen molar-refractivity contribution in [2.24, 2.45) is 10.4 Å². The van der Waals surface area contributed by atoms with E-state index in [0.29, 0.717) is 17.6 Å². The summed E-state index contributed by atoms with van der Waals surface area (Å²) in [6.07, 6.45) is 13.5. The maximum atomic E-state index is 6.11. The second-order valence-electron chi connectivity index (χ2n) is 10.3. The van der Waals surface area contributed by atoms with Gasteiger partial charge in [-0.05, 0) is 85.1 Å². The van der Waals surface area contributed by atoms with Crippen LogP contribution in [0.4, 0.5) is 0 Å². The maximum absolute atomic E-state index is 6.11. The van der Waals surface area contributed by atoms with E-state index in [-0.39, 0.29) is 5.54 Å². The molecule has 4 fully saturated rings. The molecule has 1 spiro atoms. The first-order valence-electron chi connectivity index (χ1n) is 12.6. The Hall–Kier alpha value is -0.850. The smallest absolute Gasteiger partial charge is 0.191 e. The first kappa shape index (κ1) is 22.3. The predicted octanol–water partition coefficient (Wildman–Crippen LogP) is 2.84. The van der Waals surface area contributed by atoms with E-state index in [0.717, 1.165) is 25.5 Å². The van der Waals surface area contributed by atoms with Gasteiger partial charge in [0.2, 0.25) is 0 Å². The van der Waals surface area contributed by atoms with Gasteiger partial charge in [-0.3, -0.25) is 9.89 Å². The molecule has 2 heterocycles. The molecule has 2 aliphatic heterocycles. The van der Waals surface area contributed by atoms with Gasteiger partial charge >= 0.3 is 0 Å². The second-order valence-corrected chi connectivity index (χ2v) is 10.3. The minimum absolute atomic E-state index is 0.281. The van der Waals surface area contributed by atoms with E-state index >= 15 is 0 Å². The van der Waals surface area contributed by atoms with E-state index in [1.165, 1.54) is 84.0 Å². The number of nitrogens with zero attached hydrogens (tertiary/aromatic N) is 3. The molecule has 4 aliphatic rings. The van der Waals surface area contributed by atoms with Gasteiger partial charge in [0.15, 0.2) is 5.96 Å². The molecule has 0 bridgehead atoms. The molecule has 6 nitrogen and oxygen atoms in total. The summed E-state index contributed by atoms with van der Waals surface area (Å²) >= 11 is 0. The number of hydrogen-bond donors (Lipinski definition) is 2. The molecule has 2 aliphatic carbocycles. The summed E-state index contributed by atoms with van der Waals surface area (Å²) in [7, 11) is 4.19. The zero-order valence-electron chi connectivity index (χ0n) is 19.7. The van der Waals surface area contributed by atoms with Crippen LogP contribution in [-0.4, -0.2) is 86.9 Å². The van der Waals surface area contributed by atoms with Crippen LogP contribution in [0.1, 0.15) is 71.1 Å². The van der Waals surface area contributed by atoms with Crippen LogP contribution in [0.5, 0.6) is 0 Å². The van der Waals surface area contributed by atoms with Gasteiger partial charge in [0.05, 0.1) is 6.10 Å². The van der Waals surface area contributed by atoms with Crippen molar-refractivity contribution in [3.8, 4) is 0 Å². The molecular formula is C24H45N5O. The van der Waals surface area contributed by atoms with Crippen LogP contribution in [0.3, 0.4) is 0 Å². The topological polar surface area (TPSA) is 52.1 Å². The lowest BCUT2D eigenvalue weighted by atomic mass is 9.60. The van der Waals surface area contributed by atoms with Crippen LogP contribution in [0.15, 0.2) is 4.99 Å². The van der Waals surface area contributed by atoms with E-state index < -0.39 is 0 Å². The SMILES string of the molecule is CCOC1CC(NC(=NC)NCC2(N3CCCCC3)CCN(C)CC2)C12CCCC2. The standard InChI is InChI=1S/C24H45N5O/c1-4-30-21-18-20(24(21)10-6-7-11-24)27-22(25-2)26-19-23(12-16-28(3)17-13-23)29-14-8-5-9-15-29/h20-21H,4-19H2,1-3H3,(H2,25,26,27). The number of rotatable bonds is 6. The zero-order chi connectivity index (χ0) is 21.0. The Morgan fingerprint density at radius 3 is 2.33 bits per heavy atom. The van der Waals surface area contributed by atoms with Crippen LogP contribution in [0, 0.1) is 5.41 Å². The first-order chi connectivity index (χ1) is 14.6. The van der Waals surface area contributed by atoms with Gasteiger partial charge in [0.1, 0.15) is 0 Å². The lowest BCUT2D eigenvalue weighted by molar-refractivity contribution is -0.125. The number of nitrogens with one attached hydrogen (secondary N) is 2.